The van der Waals surface area contributed by atoms with E-state index in [-0.39, 0.29) is 18.3 Å². The predicted molar refractivity (Wildman–Crippen MR) is 166 cm³/mol. The SMILES string of the molecule is CC(C)[Si](CCC(F)(F)C(F)(F)C(F)(F)C(F)(F)C(F)(F)C(F)(F)C(F)(F)C(F)(F)F)(OCCOc1ccc([C@H](O)[C@H](C)CC/C=C/C(=O)NO)cc1)C(C)C. The number of alkyl halides is 17. The molecular formula is C32H40F17NO5Si. The fourth-order valence-corrected chi connectivity index (χ4v) is 10.0. The molecule has 0 aliphatic heterocycles. The molecule has 3 N–H and O–H groups in total. The summed E-state index contributed by atoms with van der Waals surface area (Å²) in [5.74, 6) is -57.6. The number of hydrogen-bond acceptors (Lipinski definition) is 5. The number of aliphatic hydroxyl groups is 1. The van der Waals surface area contributed by atoms with E-state index >= 15 is 0 Å². The first-order valence-electron chi connectivity index (χ1n) is 16.4. The van der Waals surface area contributed by atoms with Crippen molar-refractivity contribution < 1.29 is 98.9 Å². The van der Waals surface area contributed by atoms with Crippen LogP contribution >= 0.6 is 0 Å². The summed E-state index contributed by atoms with van der Waals surface area (Å²) in [6.45, 7) is 6.15. The van der Waals surface area contributed by atoms with E-state index in [9.17, 15) is 84.5 Å². The van der Waals surface area contributed by atoms with E-state index in [0.29, 0.717) is 18.4 Å². The summed E-state index contributed by atoms with van der Waals surface area (Å²) in [6.07, 6.45) is -7.95. The average molecular weight is 870 g/mol. The molecule has 0 aromatic heterocycles. The second kappa shape index (κ2) is 18.0. The first kappa shape index (κ1) is 51.2. The molecule has 0 bridgehead atoms. The van der Waals surface area contributed by atoms with Crippen molar-refractivity contribution >= 4 is 14.2 Å². The summed E-state index contributed by atoms with van der Waals surface area (Å²) in [5, 5.41) is 19.1. The topological polar surface area (TPSA) is 88.0 Å². The maximum atomic E-state index is 14.8. The van der Waals surface area contributed by atoms with E-state index in [4.69, 9.17) is 14.4 Å². The van der Waals surface area contributed by atoms with Gasteiger partial charge in [0.1, 0.15) is 12.4 Å². The Morgan fingerprint density at radius 1 is 0.714 bits per heavy atom. The molecule has 1 aromatic rings. The van der Waals surface area contributed by atoms with Crippen molar-refractivity contribution in [2.75, 3.05) is 13.2 Å². The summed E-state index contributed by atoms with van der Waals surface area (Å²) in [4.78, 5) is 11.0. The van der Waals surface area contributed by atoms with Crippen molar-refractivity contribution in [1.82, 2.24) is 5.48 Å². The quantitative estimate of drug-likeness (QED) is 0.0270. The Kier molecular flexibility index (Phi) is 16.4. The van der Waals surface area contributed by atoms with Gasteiger partial charge in [-0.3, -0.25) is 10.0 Å². The van der Waals surface area contributed by atoms with Gasteiger partial charge >= 0.3 is 47.6 Å². The molecule has 6 nitrogen and oxygen atoms in total. The van der Waals surface area contributed by atoms with Crippen LogP contribution in [0.5, 0.6) is 5.75 Å². The van der Waals surface area contributed by atoms with Crippen LogP contribution in [0.1, 0.15) is 65.5 Å². The Morgan fingerprint density at radius 2 is 1.16 bits per heavy atom. The maximum Gasteiger partial charge on any atom is 0.460 e. The van der Waals surface area contributed by atoms with Gasteiger partial charge in [-0.1, -0.05) is 52.8 Å². The molecule has 1 amide bonds. The molecule has 0 saturated heterocycles. The van der Waals surface area contributed by atoms with Gasteiger partial charge in [0, 0.05) is 12.5 Å². The number of rotatable bonds is 22. The van der Waals surface area contributed by atoms with Gasteiger partial charge in [-0.2, -0.15) is 74.6 Å². The van der Waals surface area contributed by atoms with Crippen LogP contribution < -0.4 is 10.2 Å². The number of halogens is 17. The summed E-state index contributed by atoms with van der Waals surface area (Å²) < 4.78 is 245. The van der Waals surface area contributed by atoms with E-state index in [1.807, 2.05) is 0 Å². The van der Waals surface area contributed by atoms with Gasteiger partial charge in [-0.05, 0) is 53.6 Å². The van der Waals surface area contributed by atoms with Crippen molar-refractivity contribution in [2.45, 2.75) is 125 Å². The van der Waals surface area contributed by atoms with Crippen molar-refractivity contribution in [3.63, 3.8) is 0 Å². The number of amides is 1. The van der Waals surface area contributed by atoms with Gasteiger partial charge in [-0.15, -0.1) is 0 Å². The zero-order valence-corrected chi connectivity index (χ0v) is 31.1. The standard InChI is InChI=1S/C32H40F17NO5Si/c1-18(2)56(19(3)4,55-16-15-54-22-12-10-21(11-13-22)24(52)20(5)8-6-7-9-23(51)50-53)17-14-25(33,34)26(35,36)27(37,38)28(39,40)29(41,42)30(43,44)31(45,46)32(47,48)49/h7,9-13,18-20,24,52-53H,6,8,14-17H2,1-5H3,(H,50,51)/b9-7+/t20-,24-/m1/s1. The maximum absolute atomic E-state index is 14.8. The Morgan fingerprint density at radius 3 is 1.59 bits per heavy atom. The lowest BCUT2D eigenvalue weighted by Gasteiger charge is -2.44. The predicted octanol–water partition coefficient (Wildman–Crippen LogP) is 10.8. The van der Waals surface area contributed by atoms with E-state index < -0.39 is 98.1 Å². The number of hydrogen-bond donors (Lipinski definition) is 3. The Hall–Kier alpha value is -2.86. The highest BCUT2D eigenvalue weighted by molar-refractivity contribution is 6.76. The van der Waals surface area contributed by atoms with E-state index in [1.54, 1.807) is 6.92 Å². The summed E-state index contributed by atoms with van der Waals surface area (Å²) in [7, 11) is -3.94. The van der Waals surface area contributed by atoms with Gasteiger partial charge in [0.15, 0.2) is 8.32 Å². The minimum absolute atomic E-state index is 0.168. The van der Waals surface area contributed by atoms with Crippen LogP contribution in [-0.4, -0.2) is 85.4 Å². The van der Waals surface area contributed by atoms with Crippen molar-refractivity contribution in [2.24, 2.45) is 5.92 Å². The summed E-state index contributed by atoms with van der Waals surface area (Å²) >= 11 is 0. The van der Waals surface area contributed by atoms with Crippen LogP contribution in [0, 0.1) is 5.92 Å². The van der Waals surface area contributed by atoms with Gasteiger partial charge in [-0.25, -0.2) is 5.48 Å². The fraction of sp³-hybridized carbons (Fsp3) is 0.719. The molecule has 326 valence electrons. The molecule has 0 unspecified atom stereocenters. The van der Waals surface area contributed by atoms with Crippen molar-refractivity contribution in [3.8, 4) is 5.75 Å². The molecule has 0 aliphatic rings. The second-order valence-corrected chi connectivity index (χ2v) is 18.6. The van der Waals surface area contributed by atoms with Crippen LogP contribution in [0.2, 0.25) is 17.1 Å². The molecular weight excluding hydrogens is 829 g/mol. The lowest BCUT2D eigenvalue weighted by molar-refractivity contribution is -0.461. The van der Waals surface area contributed by atoms with E-state index in [0.717, 1.165) is 6.08 Å². The molecule has 2 atom stereocenters. The number of hydroxylamine groups is 1. The summed E-state index contributed by atoms with van der Waals surface area (Å²) in [5.41, 5.74) is 0.151. The lowest BCUT2D eigenvalue weighted by Crippen LogP contribution is -2.74. The second-order valence-electron chi connectivity index (χ2n) is 13.6. The normalized spacial score (nSPS) is 15.8. The van der Waals surface area contributed by atoms with Crippen molar-refractivity contribution in [3.05, 3.63) is 42.0 Å². The smallest absolute Gasteiger partial charge is 0.460 e. The third-order valence-electron chi connectivity index (χ3n) is 9.22. The molecule has 1 aromatic carbocycles. The van der Waals surface area contributed by atoms with Crippen LogP contribution in [0.3, 0.4) is 0 Å². The molecule has 0 fully saturated rings. The van der Waals surface area contributed by atoms with Gasteiger partial charge in [0.25, 0.3) is 5.91 Å². The lowest BCUT2D eigenvalue weighted by atomic mass is 9.88. The monoisotopic (exact) mass is 869 g/mol. The molecule has 1 rings (SSSR count). The highest BCUT2D eigenvalue weighted by atomic mass is 28.4. The van der Waals surface area contributed by atoms with Gasteiger partial charge < -0.3 is 14.3 Å². The zero-order valence-electron chi connectivity index (χ0n) is 30.1. The molecule has 24 heteroatoms. The number of benzene rings is 1. The average Bonchev–Trinajstić information content (AvgIpc) is 3.08. The Balaban J connectivity index is 3.16. The highest BCUT2D eigenvalue weighted by Crippen LogP contribution is 2.64. The Labute approximate surface area is 310 Å². The number of carbonyl (C=O) groups is 1. The van der Waals surface area contributed by atoms with Crippen LogP contribution in [0.4, 0.5) is 74.6 Å². The van der Waals surface area contributed by atoms with Crippen LogP contribution in [0.25, 0.3) is 0 Å². The number of aliphatic hydroxyl groups excluding tert-OH is 1. The number of carbonyl (C=O) groups excluding carboxylic acids is 1. The minimum atomic E-state index is -8.68. The fourth-order valence-electron chi connectivity index (χ4n) is 5.58. The van der Waals surface area contributed by atoms with Crippen LogP contribution in [-0.2, 0) is 9.22 Å². The zero-order chi connectivity index (χ0) is 44.1. The third kappa shape index (κ3) is 9.87. The van der Waals surface area contributed by atoms with Crippen molar-refractivity contribution in [1.29, 1.82) is 0 Å². The minimum Gasteiger partial charge on any atom is -0.491 e. The highest BCUT2D eigenvalue weighted by Gasteiger charge is 2.95. The van der Waals surface area contributed by atoms with E-state index in [1.165, 1.54) is 63.5 Å². The molecule has 56 heavy (non-hydrogen) atoms. The first-order chi connectivity index (χ1) is 25.1. The molecule has 0 heterocycles. The molecule has 0 aliphatic carbocycles. The first-order valence-corrected chi connectivity index (χ1v) is 18.7. The number of allylic oxidation sites excluding steroid dienone is 1. The number of nitrogens with one attached hydrogen (secondary N) is 1. The third-order valence-corrected chi connectivity index (χ3v) is 14.9. The Bertz CT molecular complexity index is 1450. The molecule has 0 radical (unpaired) electrons. The van der Waals surface area contributed by atoms with E-state index in [2.05, 4.69) is 0 Å². The molecule has 0 saturated carbocycles. The largest absolute Gasteiger partial charge is 0.491 e. The number of ether oxygens (including phenoxy) is 1. The van der Waals surface area contributed by atoms with Gasteiger partial charge in [0.2, 0.25) is 0 Å². The molecule has 0 spiro atoms. The summed E-state index contributed by atoms with van der Waals surface area (Å²) in [6, 6.07) is 4.48. The van der Waals surface area contributed by atoms with Crippen LogP contribution in [0.15, 0.2) is 36.4 Å². The van der Waals surface area contributed by atoms with Gasteiger partial charge in [0.05, 0.1) is 12.7 Å².